The van der Waals surface area contributed by atoms with Crippen LogP contribution in [0.15, 0.2) is 30.5 Å². The third-order valence-corrected chi connectivity index (χ3v) is 5.13. The molecular weight excluding hydrogens is 400 g/mol. The Labute approximate surface area is 162 Å². The van der Waals surface area contributed by atoms with Crippen molar-refractivity contribution in [2.75, 3.05) is 6.54 Å². The van der Waals surface area contributed by atoms with Crippen LogP contribution in [-0.2, 0) is 11.0 Å². The Bertz CT molecular complexity index is 850. The molecule has 1 aliphatic rings. The number of rotatable bonds is 4. The van der Waals surface area contributed by atoms with Crippen LogP contribution in [0.25, 0.3) is 11.3 Å². The molecule has 1 aliphatic carbocycles. The van der Waals surface area contributed by atoms with Crippen LogP contribution < -0.4 is 5.32 Å². The minimum atomic E-state index is -4.88. The first-order valence-electron chi connectivity index (χ1n) is 9.12. The lowest BCUT2D eigenvalue weighted by Crippen LogP contribution is -2.39. The van der Waals surface area contributed by atoms with Crippen LogP contribution >= 0.6 is 0 Å². The highest BCUT2D eigenvalue weighted by Gasteiger charge is 2.39. The molecule has 3 rings (SSSR count). The highest BCUT2D eigenvalue weighted by Crippen LogP contribution is 2.36. The molecule has 0 aliphatic heterocycles. The summed E-state index contributed by atoms with van der Waals surface area (Å²) in [5.74, 6) is -1.29. The summed E-state index contributed by atoms with van der Waals surface area (Å²) in [7, 11) is 0. The third-order valence-electron chi connectivity index (χ3n) is 5.13. The number of benzene rings is 1. The number of nitrogens with zero attached hydrogens (tertiary/aromatic N) is 1. The van der Waals surface area contributed by atoms with Crippen molar-refractivity contribution < 1.29 is 31.1 Å². The number of aromatic nitrogens is 2. The summed E-state index contributed by atoms with van der Waals surface area (Å²) in [6, 6.07) is 4.92. The Morgan fingerprint density at radius 3 is 2.41 bits per heavy atom. The van der Waals surface area contributed by atoms with E-state index in [-0.39, 0.29) is 18.4 Å². The molecule has 0 saturated heterocycles. The topological polar surface area (TPSA) is 57.8 Å². The summed E-state index contributed by atoms with van der Waals surface area (Å²) in [5, 5.41) is 1.91. The highest BCUT2D eigenvalue weighted by atomic mass is 19.4. The second-order valence-electron chi connectivity index (χ2n) is 7.17. The number of imidazole rings is 1. The van der Waals surface area contributed by atoms with Crippen LogP contribution in [0, 0.1) is 5.92 Å². The molecule has 158 valence electrons. The lowest BCUT2D eigenvalue weighted by molar-refractivity contribution is -0.173. The van der Waals surface area contributed by atoms with Crippen molar-refractivity contribution in [1.29, 1.82) is 0 Å². The molecule has 1 fully saturated rings. The number of alkyl halides is 6. The first-order chi connectivity index (χ1) is 13.5. The second-order valence-corrected chi connectivity index (χ2v) is 7.17. The van der Waals surface area contributed by atoms with Gasteiger partial charge in [-0.3, -0.25) is 4.79 Å². The van der Waals surface area contributed by atoms with Crippen molar-refractivity contribution in [2.45, 2.75) is 44.0 Å². The van der Waals surface area contributed by atoms with Crippen molar-refractivity contribution >= 4 is 5.91 Å². The molecule has 1 heterocycles. The van der Waals surface area contributed by atoms with Gasteiger partial charge in [-0.2, -0.15) is 26.3 Å². The molecule has 0 bridgehead atoms. The Balaban J connectivity index is 1.58. The number of nitrogens with one attached hydrogen (secondary N) is 2. The summed E-state index contributed by atoms with van der Waals surface area (Å²) < 4.78 is 75.3. The fourth-order valence-corrected chi connectivity index (χ4v) is 3.53. The van der Waals surface area contributed by atoms with Crippen LogP contribution in [0.2, 0.25) is 0 Å². The maximum atomic E-state index is 12.9. The molecule has 4 nitrogen and oxygen atoms in total. The van der Waals surface area contributed by atoms with Gasteiger partial charge in [0, 0.05) is 24.2 Å². The Kier molecular flexibility index (Phi) is 5.90. The van der Waals surface area contributed by atoms with E-state index in [0.717, 1.165) is 12.1 Å². The molecule has 1 aromatic carbocycles. The van der Waals surface area contributed by atoms with Crippen LogP contribution in [-0.4, -0.2) is 28.6 Å². The van der Waals surface area contributed by atoms with Crippen molar-refractivity contribution in [3.05, 3.63) is 41.9 Å². The van der Waals surface area contributed by atoms with Gasteiger partial charge in [0.05, 0.1) is 11.3 Å². The van der Waals surface area contributed by atoms with E-state index in [1.165, 1.54) is 6.07 Å². The smallest absolute Gasteiger partial charge is 0.348 e. The van der Waals surface area contributed by atoms with E-state index in [0.29, 0.717) is 42.8 Å². The number of hydrogen-bond donors (Lipinski definition) is 2. The maximum Gasteiger partial charge on any atom is 0.471 e. The average Bonchev–Trinajstić information content (AvgIpc) is 3.15. The van der Waals surface area contributed by atoms with E-state index < -0.39 is 23.8 Å². The standard InChI is InChI=1S/C19H19F6N3O/c20-18(21,22)14-3-1-2-13(8-14)15-10-26-16(28-15)12-6-4-11(5-7-12)9-27-17(29)19(23,24)25/h1-3,8,10-12H,4-7,9H2,(H,26,28)(H,27,29). The normalized spacial score (nSPS) is 20.5. The molecule has 0 atom stereocenters. The minimum absolute atomic E-state index is 0.0291. The number of carbonyl (C=O) groups excluding carboxylic acids is 1. The van der Waals surface area contributed by atoms with Gasteiger partial charge >= 0.3 is 18.3 Å². The van der Waals surface area contributed by atoms with Crippen LogP contribution in [0.1, 0.15) is 43.0 Å². The molecule has 1 saturated carbocycles. The molecule has 29 heavy (non-hydrogen) atoms. The predicted octanol–water partition coefficient (Wildman–Crippen LogP) is 5.05. The van der Waals surface area contributed by atoms with Gasteiger partial charge in [-0.1, -0.05) is 12.1 Å². The summed E-state index contributed by atoms with van der Waals surface area (Å²) in [6.07, 6.45) is -5.17. The van der Waals surface area contributed by atoms with Gasteiger partial charge in [0.1, 0.15) is 5.82 Å². The van der Waals surface area contributed by atoms with Gasteiger partial charge in [0.15, 0.2) is 0 Å². The van der Waals surface area contributed by atoms with E-state index in [2.05, 4.69) is 9.97 Å². The quantitative estimate of drug-likeness (QED) is 0.682. The number of carbonyl (C=O) groups is 1. The molecule has 2 aromatic rings. The zero-order chi connectivity index (χ0) is 21.2. The molecule has 2 N–H and O–H groups in total. The summed E-state index contributed by atoms with van der Waals surface area (Å²) in [4.78, 5) is 18.3. The molecule has 1 aromatic heterocycles. The number of hydrogen-bond acceptors (Lipinski definition) is 2. The zero-order valence-electron chi connectivity index (χ0n) is 15.2. The van der Waals surface area contributed by atoms with E-state index in [1.54, 1.807) is 12.3 Å². The highest BCUT2D eigenvalue weighted by molar-refractivity contribution is 5.81. The largest absolute Gasteiger partial charge is 0.471 e. The van der Waals surface area contributed by atoms with Crippen molar-refractivity contribution in [1.82, 2.24) is 15.3 Å². The first-order valence-corrected chi connectivity index (χ1v) is 9.12. The number of amides is 1. The van der Waals surface area contributed by atoms with Crippen LogP contribution in [0.5, 0.6) is 0 Å². The van der Waals surface area contributed by atoms with Crippen LogP contribution in [0.4, 0.5) is 26.3 Å². The van der Waals surface area contributed by atoms with Gasteiger partial charge in [0.2, 0.25) is 0 Å². The lowest BCUT2D eigenvalue weighted by Gasteiger charge is -2.27. The zero-order valence-corrected chi connectivity index (χ0v) is 15.2. The second kappa shape index (κ2) is 8.08. The predicted molar refractivity (Wildman–Crippen MR) is 92.8 cm³/mol. The maximum absolute atomic E-state index is 12.9. The molecule has 0 spiro atoms. The van der Waals surface area contributed by atoms with Crippen LogP contribution in [0.3, 0.4) is 0 Å². The number of H-pyrrole nitrogens is 1. The summed E-state index contributed by atoms with van der Waals surface area (Å²) in [5.41, 5.74) is 0.0116. The number of halogens is 6. The average molecular weight is 419 g/mol. The van der Waals surface area contributed by atoms with Crippen molar-refractivity contribution in [2.24, 2.45) is 5.92 Å². The molecular formula is C19H19F6N3O. The van der Waals surface area contributed by atoms with Crippen molar-refractivity contribution in [3.63, 3.8) is 0 Å². The van der Waals surface area contributed by atoms with Crippen molar-refractivity contribution in [3.8, 4) is 11.3 Å². The minimum Gasteiger partial charge on any atom is -0.348 e. The van der Waals surface area contributed by atoms with Gasteiger partial charge in [-0.15, -0.1) is 0 Å². The van der Waals surface area contributed by atoms with Gasteiger partial charge in [0.25, 0.3) is 0 Å². The van der Waals surface area contributed by atoms with Gasteiger partial charge in [-0.25, -0.2) is 4.98 Å². The monoisotopic (exact) mass is 419 g/mol. The molecule has 10 heteroatoms. The third kappa shape index (κ3) is 5.30. The fraction of sp³-hybridized carbons (Fsp3) is 0.474. The van der Waals surface area contributed by atoms with E-state index in [1.807, 2.05) is 5.32 Å². The first kappa shape index (κ1) is 21.2. The summed E-state index contributed by atoms with van der Waals surface area (Å²) >= 11 is 0. The Morgan fingerprint density at radius 1 is 1.10 bits per heavy atom. The van der Waals surface area contributed by atoms with E-state index in [4.69, 9.17) is 0 Å². The molecule has 1 amide bonds. The Morgan fingerprint density at radius 2 is 1.79 bits per heavy atom. The summed E-state index contributed by atoms with van der Waals surface area (Å²) in [6.45, 7) is -0.0291. The van der Waals surface area contributed by atoms with E-state index in [9.17, 15) is 31.1 Å². The number of aromatic amines is 1. The SMILES string of the molecule is O=C(NCC1CCC(c2nc(-c3cccc(C(F)(F)F)c3)c[nH]2)CC1)C(F)(F)F. The molecule has 0 radical (unpaired) electrons. The van der Waals surface area contributed by atoms with Gasteiger partial charge < -0.3 is 10.3 Å². The van der Waals surface area contributed by atoms with E-state index >= 15 is 0 Å². The van der Waals surface area contributed by atoms with Gasteiger partial charge in [-0.05, 0) is 43.7 Å². The fourth-order valence-electron chi connectivity index (χ4n) is 3.53. The lowest BCUT2D eigenvalue weighted by atomic mass is 9.81. The Hall–Kier alpha value is -2.52. The molecule has 0 unspecified atom stereocenters.